The smallest absolute Gasteiger partial charge is 0.320 e. The third kappa shape index (κ3) is 3.66. The molecule has 6 heteroatoms. The molecule has 0 atom stereocenters. The van der Waals surface area contributed by atoms with Crippen LogP contribution in [-0.2, 0) is 5.54 Å². The zero-order valence-corrected chi connectivity index (χ0v) is 15.2. The van der Waals surface area contributed by atoms with Crippen LogP contribution in [0.25, 0.3) is 0 Å². The molecule has 0 heterocycles. The maximum absolute atomic E-state index is 12.5. The predicted molar refractivity (Wildman–Crippen MR) is 98.8 cm³/mol. The maximum Gasteiger partial charge on any atom is 0.320 e. The van der Waals surface area contributed by atoms with Crippen LogP contribution in [-0.4, -0.2) is 20.3 Å². The molecule has 2 amide bonds. The van der Waals surface area contributed by atoms with Crippen LogP contribution < -0.4 is 20.1 Å². The molecular formula is C19H21ClN2O3. The van der Waals surface area contributed by atoms with Gasteiger partial charge in [-0.2, -0.15) is 0 Å². The molecule has 0 saturated heterocycles. The Morgan fingerprint density at radius 3 is 2.36 bits per heavy atom. The summed E-state index contributed by atoms with van der Waals surface area (Å²) in [4.78, 5) is 12.5. The van der Waals surface area contributed by atoms with Crippen molar-refractivity contribution < 1.29 is 14.3 Å². The zero-order valence-electron chi connectivity index (χ0n) is 14.5. The minimum atomic E-state index is -0.314. The van der Waals surface area contributed by atoms with Crippen molar-refractivity contribution in [2.75, 3.05) is 19.5 Å². The van der Waals surface area contributed by atoms with Gasteiger partial charge in [-0.15, -0.1) is 0 Å². The Kier molecular flexibility index (Phi) is 4.77. The Bertz CT molecular complexity index is 786. The number of ether oxygens (including phenoxy) is 2. The van der Waals surface area contributed by atoms with Gasteiger partial charge in [0.25, 0.3) is 0 Å². The molecule has 2 N–H and O–H groups in total. The number of hydrogen-bond donors (Lipinski definition) is 2. The van der Waals surface area contributed by atoms with Gasteiger partial charge < -0.3 is 20.1 Å². The van der Waals surface area contributed by atoms with Gasteiger partial charge in [-0.25, -0.2) is 4.79 Å². The molecule has 132 valence electrons. The summed E-state index contributed by atoms with van der Waals surface area (Å²) >= 11 is 6.10. The van der Waals surface area contributed by atoms with Crippen molar-refractivity contribution in [3.63, 3.8) is 0 Å². The SMILES string of the molecule is COc1ccc(C2(NC(=O)Nc3cc(C)c(Cl)cc3OC)CC2)cc1. The number of methoxy groups -OCH3 is 2. The summed E-state index contributed by atoms with van der Waals surface area (Å²) in [6.07, 6.45) is 1.81. The molecular weight excluding hydrogens is 340 g/mol. The van der Waals surface area contributed by atoms with E-state index in [1.54, 1.807) is 26.4 Å². The van der Waals surface area contributed by atoms with E-state index in [-0.39, 0.29) is 11.6 Å². The van der Waals surface area contributed by atoms with E-state index in [1.807, 2.05) is 31.2 Å². The number of carbonyl (C=O) groups is 1. The summed E-state index contributed by atoms with van der Waals surface area (Å²) in [7, 11) is 3.18. The summed E-state index contributed by atoms with van der Waals surface area (Å²) in [6.45, 7) is 1.88. The van der Waals surface area contributed by atoms with Crippen LogP contribution in [0.4, 0.5) is 10.5 Å². The normalized spacial score (nSPS) is 14.6. The summed E-state index contributed by atoms with van der Waals surface area (Å²) < 4.78 is 10.5. The topological polar surface area (TPSA) is 59.6 Å². The molecule has 0 bridgehead atoms. The number of aryl methyl sites for hydroxylation is 1. The lowest BCUT2D eigenvalue weighted by molar-refractivity contribution is 0.247. The van der Waals surface area contributed by atoms with Crippen molar-refractivity contribution in [2.24, 2.45) is 0 Å². The lowest BCUT2D eigenvalue weighted by Gasteiger charge is -2.20. The third-order valence-corrected chi connectivity index (χ3v) is 4.88. The average molecular weight is 361 g/mol. The Balaban J connectivity index is 1.73. The minimum absolute atomic E-state index is 0.270. The maximum atomic E-state index is 12.5. The van der Waals surface area contributed by atoms with E-state index in [0.717, 1.165) is 29.7 Å². The van der Waals surface area contributed by atoms with Gasteiger partial charge in [0, 0.05) is 11.1 Å². The quantitative estimate of drug-likeness (QED) is 0.826. The second-order valence-corrected chi connectivity index (χ2v) is 6.60. The van der Waals surface area contributed by atoms with Crippen molar-refractivity contribution in [1.29, 1.82) is 0 Å². The zero-order chi connectivity index (χ0) is 18.0. The first-order valence-corrected chi connectivity index (χ1v) is 8.43. The predicted octanol–water partition coefficient (Wildman–Crippen LogP) is 4.48. The van der Waals surface area contributed by atoms with Crippen LogP contribution in [0.1, 0.15) is 24.0 Å². The Labute approximate surface area is 152 Å². The highest BCUT2D eigenvalue weighted by Crippen LogP contribution is 2.46. The van der Waals surface area contributed by atoms with Crippen LogP contribution in [0.5, 0.6) is 11.5 Å². The molecule has 0 spiro atoms. The van der Waals surface area contributed by atoms with Crippen molar-refractivity contribution in [1.82, 2.24) is 5.32 Å². The molecule has 0 aromatic heterocycles. The second-order valence-electron chi connectivity index (χ2n) is 6.19. The largest absolute Gasteiger partial charge is 0.497 e. The van der Waals surface area contributed by atoms with Crippen LogP contribution in [0, 0.1) is 6.92 Å². The number of benzene rings is 2. The number of rotatable bonds is 5. The number of halogens is 1. The summed E-state index contributed by atoms with van der Waals surface area (Å²) in [5.41, 5.74) is 2.22. The number of hydrogen-bond acceptors (Lipinski definition) is 3. The highest BCUT2D eigenvalue weighted by Gasteiger charge is 2.45. The van der Waals surface area contributed by atoms with Crippen molar-refractivity contribution in [3.8, 4) is 11.5 Å². The van der Waals surface area contributed by atoms with Gasteiger partial charge in [0.2, 0.25) is 0 Å². The van der Waals surface area contributed by atoms with Gasteiger partial charge in [-0.3, -0.25) is 0 Å². The first-order chi connectivity index (χ1) is 12.0. The van der Waals surface area contributed by atoms with Gasteiger partial charge in [0.05, 0.1) is 25.4 Å². The molecule has 0 aliphatic heterocycles. The molecule has 0 radical (unpaired) electrons. The molecule has 0 unspecified atom stereocenters. The van der Waals surface area contributed by atoms with Gasteiger partial charge in [0.15, 0.2) is 0 Å². The summed E-state index contributed by atoms with van der Waals surface area (Å²) in [6, 6.07) is 11.0. The standard InChI is InChI=1S/C19H21ClN2O3/c1-12-10-16(17(25-3)11-15(12)20)21-18(23)22-19(8-9-19)13-4-6-14(24-2)7-5-13/h4-7,10-11H,8-9H2,1-3H3,(H2,21,22,23). The average Bonchev–Trinajstić information content (AvgIpc) is 3.38. The van der Waals surface area contributed by atoms with E-state index in [9.17, 15) is 4.79 Å². The van der Waals surface area contributed by atoms with E-state index >= 15 is 0 Å². The number of anilines is 1. The van der Waals surface area contributed by atoms with Crippen molar-refractivity contribution in [2.45, 2.75) is 25.3 Å². The first kappa shape index (κ1) is 17.4. The van der Waals surface area contributed by atoms with Crippen LogP contribution in [0.2, 0.25) is 5.02 Å². The van der Waals surface area contributed by atoms with E-state index < -0.39 is 0 Å². The van der Waals surface area contributed by atoms with Crippen LogP contribution >= 0.6 is 11.6 Å². The molecule has 2 aromatic carbocycles. The molecule has 1 fully saturated rings. The van der Waals surface area contributed by atoms with Crippen LogP contribution in [0.3, 0.4) is 0 Å². The van der Waals surface area contributed by atoms with E-state index in [1.165, 1.54) is 0 Å². The fourth-order valence-electron chi connectivity index (χ4n) is 2.82. The molecule has 2 aromatic rings. The van der Waals surface area contributed by atoms with E-state index in [0.29, 0.717) is 16.5 Å². The summed E-state index contributed by atoms with van der Waals surface area (Å²) in [5.74, 6) is 1.32. The highest BCUT2D eigenvalue weighted by molar-refractivity contribution is 6.31. The lowest BCUT2D eigenvalue weighted by Crippen LogP contribution is -2.38. The third-order valence-electron chi connectivity index (χ3n) is 4.47. The highest BCUT2D eigenvalue weighted by atomic mass is 35.5. The molecule has 5 nitrogen and oxygen atoms in total. The van der Waals surface area contributed by atoms with Crippen molar-refractivity contribution >= 4 is 23.3 Å². The molecule has 3 rings (SSSR count). The Morgan fingerprint density at radius 2 is 1.80 bits per heavy atom. The van der Waals surface area contributed by atoms with Gasteiger partial charge in [-0.05, 0) is 49.1 Å². The van der Waals surface area contributed by atoms with Crippen molar-refractivity contribution in [3.05, 3.63) is 52.5 Å². The monoisotopic (exact) mass is 360 g/mol. The van der Waals surface area contributed by atoms with E-state index in [2.05, 4.69) is 10.6 Å². The summed E-state index contributed by atoms with van der Waals surface area (Å²) in [5, 5.41) is 6.53. The number of urea groups is 1. The lowest BCUT2D eigenvalue weighted by atomic mass is 10.1. The number of amides is 2. The number of nitrogens with one attached hydrogen (secondary N) is 2. The minimum Gasteiger partial charge on any atom is -0.497 e. The van der Waals surface area contributed by atoms with Gasteiger partial charge >= 0.3 is 6.03 Å². The van der Waals surface area contributed by atoms with Gasteiger partial charge in [0.1, 0.15) is 11.5 Å². The van der Waals surface area contributed by atoms with Gasteiger partial charge in [-0.1, -0.05) is 23.7 Å². The second kappa shape index (κ2) is 6.84. The number of carbonyl (C=O) groups excluding carboxylic acids is 1. The molecule has 1 aliphatic carbocycles. The fourth-order valence-corrected chi connectivity index (χ4v) is 2.98. The molecule has 1 aliphatic rings. The molecule has 1 saturated carbocycles. The fraction of sp³-hybridized carbons (Fsp3) is 0.316. The first-order valence-electron chi connectivity index (χ1n) is 8.05. The molecule has 25 heavy (non-hydrogen) atoms. The Morgan fingerprint density at radius 1 is 1.12 bits per heavy atom. The Hall–Kier alpha value is -2.40. The van der Waals surface area contributed by atoms with Crippen LogP contribution in [0.15, 0.2) is 36.4 Å². The van der Waals surface area contributed by atoms with E-state index in [4.69, 9.17) is 21.1 Å².